The summed E-state index contributed by atoms with van der Waals surface area (Å²) in [5.74, 6) is 0.508. The maximum Gasteiger partial charge on any atom is 0.204 e. The Bertz CT molecular complexity index is 308. The zero-order valence-electron chi connectivity index (χ0n) is 5.65. The van der Waals surface area contributed by atoms with Crippen molar-refractivity contribution >= 4 is 9.84 Å². The zero-order chi connectivity index (χ0) is 8.06. The number of hydrogen-bond acceptors (Lipinski definition) is 5. The second-order valence-corrected chi connectivity index (χ2v) is 4.50. The van der Waals surface area contributed by atoms with Crippen molar-refractivity contribution in [3.63, 3.8) is 0 Å². The molecule has 1 fully saturated rings. The van der Waals surface area contributed by atoms with Gasteiger partial charge < -0.3 is 4.74 Å². The van der Waals surface area contributed by atoms with E-state index in [1.807, 2.05) is 0 Å². The van der Waals surface area contributed by atoms with Crippen LogP contribution < -0.4 is 11.1 Å². The summed E-state index contributed by atoms with van der Waals surface area (Å²) in [6.45, 7) is 0. The third kappa shape index (κ3) is 1.13. The Labute approximate surface area is 64.1 Å². The molecule has 62 valence electrons. The molecule has 0 radical (unpaired) electrons. The van der Waals surface area contributed by atoms with E-state index in [1.54, 1.807) is 0 Å². The molecule has 0 amide bonds. The summed E-state index contributed by atoms with van der Waals surface area (Å²) in [5.41, 5.74) is 5.34. The van der Waals surface area contributed by atoms with Crippen molar-refractivity contribution < 1.29 is 13.2 Å². The van der Waals surface area contributed by atoms with Crippen LogP contribution in [0, 0.1) is 0 Å². The molecule has 0 aromatic heterocycles. The van der Waals surface area contributed by atoms with Crippen molar-refractivity contribution in [1.29, 1.82) is 0 Å². The maximum atomic E-state index is 10.9. The van der Waals surface area contributed by atoms with Gasteiger partial charge in [0.15, 0.2) is 9.84 Å². The Morgan fingerprint density at radius 1 is 1.73 bits per heavy atom. The summed E-state index contributed by atoms with van der Waals surface area (Å²) in [6.07, 6.45) is -0.554. The number of hydrogen-bond donors (Lipinski definition) is 2. The van der Waals surface area contributed by atoms with Gasteiger partial charge in [0.25, 0.3) is 0 Å². The lowest BCUT2D eigenvalue weighted by molar-refractivity contribution is 0.153. The molecule has 1 saturated heterocycles. The Balaban J connectivity index is 2.32. The molecule has 2 heterocycles. The van der Waals surface area contributed by atoms with Crippen molar-refractivity contribution in [1.82, 2.24) is 5.32 Å². The van der Waals surface area contributed by atoms with Crippen LogP contribution in [0.5, 0.6) is 0 Å². The molecule has 2 unspecified atom stereocenters. The highest BCUT2D eigenvalue weighted by Gasteiger charge is 2.37. The van der Waals surface area contributed by atoms with Crippen LogP contribution in [-0.2, 0) is 14.6 Å². The third-order valence-electron chi connectivity index (χ3n) is 1.67. The van der Waals surface area contributed by atoms with E-state index >= 15 is 0 Å². The standard InChI is InChI=1S/C5H8N2O3S/c6-5-7-3-1-11(8,9)2-4(3)10-5/h2-3,5,7H,1,6H2. The van der Waals surface area contributed by atoms with Gasteiger partial charge in [0.2, 0.25) is 6.35 Å². The van der Waals surface area contributed by atoms with Crippen molar-refractivity contribution in [2.24, 2.45) is 5.73 Å². The molecular weight excluding hydrogens is 168 g/mol. The van der Waals surface area contributed by atoms with Crippen LogP contribution in [0.25, 0.3) is 0 Å². The number of sulfone groups is 1. The van der Waals surface area contributed by atoms with Crippen molar-refractivity contribution in [2.75, 3.05) is 5.75 Å². The summed E-state index contributed by atoms with van der Waals surface area (Å²) in [7, 11) is -3.03. The monoisotopic (exact) mass is 176 g/mol. The number of fused-ring (bicyclic) bond motifs is 1. The van der Waals surface area contributed by atoms with Crippen LogP contribution in [0.3, 0.4) is 0 Å². The minimum absolute atomic E-state index is 0.0655. The fourth-order valence-corrected chi connectivity index (χ4v) is 2.64. The zero-order valence-corrected chi connectivity index (χ0v) is 6.47. The summed E-state index contributed by atoms with van der Waals surface area (Å²) >= 11 is 0. The maximum absolute atomic E-state index is 10.9. The van der Waals surface area contributed by atoms with Gasteiger partial charge in [-0.15, -0.1) is 0 Å². The molecule has 5 nitrogen and oxygen atoms in total. The van der Waals surface area contributed by atoms with Gasteiger partial charge in [0.1, 0.15) is 5.76 Å². The molecule has 0 spiro atoms. The highest BCUT2D eigenvalue weighted by molar-refractivity contribution is 7.94. The molecule has 2 aliphatic rings. The Kier molecular flexibility index (Phi) is 1.26. The third-order valence-corrected chi connectivity index (χ3v) is 3.06. The van der Waals surface area contributed by atoms with Crippen molar-refractivity contribution in [3.8, 4) is 0 Å². The number of nitrogens with two attached hydrogens (primary N) is 1. The van der Waals surface area contributed by atoms with E-state index in [1.165, 1.54) is 0 Å². The van der Waals surface area contributed by atoms with Gasteiger partial charge in [-0.05, 0) is 0 Å². The fourth-order valence-electron chi connectivity index (χ4n) is 1.24. The van der Waals surface area contributed by atoms with Crippen LogP contribution in [-0.4, -0.2) is 26.6 Å². The van der Waals surface area contributed by atoms with Gasteiger partial charge in [-0.2, -0.15) is 0 Å². The van der Waals surface area contributed by atoms with E-state index in [2.05, 4.69) is 5.32 Å². The van der Waals surface area contributed by atoms with Crippen LogP contribution >= 0.6 is 0 Å². The lowest BCUT2D eigenvalue weighted by Crippen LogP contribution is -2.38. The molecule has 2 atom stereocenters. The van der Waals surface area contributed by atoms with Crippen LogP contribution in [0.4, 0.5) is 0 Å². The van der Waals surface area contributed by atoms with E-state index in [9.17, 15) is 8.42 Å². The average Bonchev–Trinajstić information content (AvgIpc) is 2.17. The van der Waals surface area contributed by atoms with E-state index in [0.717, 1.165) is 5.41 Å². The Hall–Kier alpha value is -0.590. The molecule has 0 aromatic carbocycles. The molecule has 6 heteroatoms. The predicted octanol–water partition coefficient (Wildman–Crippen LogP) is -1.51. The molecule has 2 rings (SSSR count). The van der Waals surface area contributed by atoms with Gasteiger partial charge in [0, 0.05) is 0 Å². The van der Waals surface area contributed by atoms with E-state index in [0.29, 0.717) is 5.76 Å². The first-order valence-corrected chi connectivity index (χ1v) is 4.91. The lowest BCUT2D eigenvalue weighted by atomic mass is 10.3. The minimum Gasteiger partial charge on any atom is -0.464 e. The molecule has 0 aliphatic carbocycles. The van der Waals surface area contributed by atoms with Gasteiger partial charge in [-0.3, -0.25) is 11.1 Å². The molecule has 0 bridgehead atoms. The van der Waals surface area contributed by atoms with Gasteiger partial charge in [0.05, 0.1) is 17.2 Å². The van der Waals surface area contributed by atoms with E-state index < -0.39 is 16.2 Å². The van der Waals surface area contributed by atoms with Crippen LogP contribution in [0.1, 0.15) is 0 Å². The molecule has 11 heavy (non-hydrogen) atoms. The number of rotatable bonds is 0. The normalized spacial score (nSPS) is 39.5. The number of nitrogens with one attached hydrogen (secondary N) is 1. The second kappa shape index (κ2) is 1.96. The summed E-state index contributed by atoms with van der Waals surface area (Å²) in [4.78, 5) is 0. The first-order chi connectivity index (χ1) is 5.07. The average molecular weight is 176 g/mol. The summed E-state index contributed by atoms with van der Waals surface area (Å²) in [5, 5.41) is 3.92. The van der Waals surface area contributed by atoms with Gasteiger partial charge in [-0.25, -0.2) is 8.42 Å². The van der Waals surface area contributed by atoms with E-state index in [4.69, 9.17) is 10.5 Å². The largest absolute Gasteiger partial charge is 0.464 e. The minimum atomic E-state index is -3.03. The van der Waals surface area contributed by atoms with Gasteiger partial charge in [-0.1, -0.05) is 0 Å². The highest BCUT2D eigenvalue weighted by Crippen LogP contribution is 2.23. The highest BCUT2D eigenvalue weighted by atomic mass is 32.2. The molecular formula is C5H8N2O3S. The predicted molar refractivity (Wildman–Crippen MR) is 37.9 cm³/mol. The summed E-state index contributed by atoms with van der Waals surface area (Å²) in [6, 6.07) is -0.227. The Morgan fingerprint density at radius 3 is 3.09 bits per heavy atom. The molecule has 3 N–H and O–H groups in total. The second-order valence-electron chi connectivity index (χ2n) is 2.61. The SMILES string of the molecule is NC1NC2CS(=O)(=O)C=C2O1. The smallest absolute Gasteiger partial charge is 0.204 e. The van der Waals surface area contributed by atoms with Crippen LogP contribution in [0.15, 0.2) is 11.2 Å². The molecule has 0 saturated carbocycles. The first-order valence-electron chi connectivity index (χ1n) is 3.19. The van der Waals surface area contributed by atoms with Gasteiger partial charge >= 0.3 is 0 Å². The molecule has 2 aliphatic heterocycles. The topological polar surface area (TPSA) is 81.4 Å². The van der Waals surface area contributed by atoms with Crippen molar-refractivity contribution in [2.45, 2.75) is 12.4 Å². The van der Waals surface area contributed by atoms with E-state index in [-0.39, 0.29) is 11.8 Å². The lowest BCUT2D eigenvalue weighted by Gasteiger charge is -2.02. The quantitative estimate of drug-likeness (QED) is 0.469. The fraction of sp³-hybridized carbons (Fsp3) is 0.600. The van der Waals surface area contributed by atoms with Crippen molar-refractivity contribution in [3.05, 3.63) is 11.2 Å². The summed E-state index contributed by atoms with van der Waals surface area (Å²) < 4.78 is 26.8. The van der Waals surface area contributed by atoms with Crippen LogP contribution in [0.2, 0.25) is 0 Å². The Morgan fingerprint density at radius 2 is 2.45 bits per heavy atom. The first kappa shape index (κ1) is 7.08. The number of ether oxygens (including phenoxy) is 1. The molecule has 0 aromatic rings.